The molecule has 0 saturated carbocycles. The van der Waals surface area contributed by atoms with Gasteiger partial charge < -0.3 is 14.8 Å². The summed E-state index contributed by atoms with van der Waals surface area (Å²) in [6.07, 6.45) is 1.59. The SMILES string of the molecule is Cc1ccc(NC(=O)CN2C(=O)SC(=Cc3ccc4c(c3)OCO4)C2=O)cc1Cl. The standard InChI is InChI=1S/C20H15ClN2O5S/c1-11-2-4-13(8-14(11)21)22-18(24)9-23-19(25)17(29-20(23)26)7-12-3-5-15-16(6-12)28-10-27-15/h2-8H,9-10H2,1H3,(H,22,24). The molecule has 148 valence electrons. The second-order valence-electron chi connectivity index (χ2n) is 6.39. The number of fused-ring (bicyclic) bond motifs is 1. The maximum absolute atomic E-state index is 12.6. The Morgan fingerprint density at radius 1 is 1.21 bits per heavy atom. The molecule has 0 aromatic heterocycles. The van der Waals surface area contributed by atoms with Gasteiger partial charge in [-0.1, -0.05) is 23.7 Å². The molecule has 0 radical (unpaired) electrons. The molecule has 2 aromatic carbocycles. The molecule has 4 rings (SSSR count). The Balaban J connectivity index is 1.45. The molecule has 1 N–H and O–H groups in total. The molecule has 0 aliphatic carbocycles. The van der Waals surface area contributed by atoms with Crippen LogP contribution in [-0.2, 0) is 9.59 Å². The van der Waals surface area contributed by atoms with E-state index in [0.717, 1.165) is 22.2 Å². The van der Waals surface area contributed by atoms with Gasteiger partial charge in [0, 0.05) is 10.7 Å². The van der Waals surface area contributed by atoms with Crippen LogP contribution < -0.4 is 14.8 Å². The molecule has 2 aliphatic rings. The number of carbonyl (C=O) groups excluding carboxylic acids is 3. The van der Waals surface area contributed by atoms with Crippen LogP contribution in [0.25, 0.3) is 6.08 Å². The first-order valence-corrected chi connectivity index (χ1v) is 9.81. The quantitative estimate of drug-likeness (QED) is 0.736. The predicted octanol–water partition coefficient (Wildman–Crippen LogP) is 4.05. The van der Waals surface area contributed by atoms with Crippen LogP contribution >= 0.6 is 23.4 Å². The Morgan fingerprint density at radius 2 is 2.00 bits per heavy atom. The van der Waals surface area contributed by atoms with Crippen molar-refractivity contribution in [3.05, 3.63) is 57.5 Å². The maximum atomic E-state index is 12.6. The summed E-state index contributed by atoms with van der Waals surface area (Å²) in [6, 6.07) is 10.3. The van der Waals surface area contributed by atoms with Crippen molar-refractivity contribution < 1.29 is 23.9 Å². The molecular weight excluding hydrogens is 416 g/mol. The number of nitrogens with zero attached hydrogens (tertiary/aromatic N) is 1. The summed E-state index contributed by atoms with van der Waals surface area (Å²) in [4.78, 5) is 38.3. The van der Waals surface area contributed by atoms with Gasteiger partial charge in [-0.05, 0) is 60.2 Å². The fourth-order valence-electron chi connectivity index (χ4n) is 2.81. The van der Waals surface area contributed by atoms with Gasteiger partial charge in [0.1, 0.15) is 6.54 Å². The number of ether oxygens (including phenoxy) is 2. The van der Waals surface area contributed by atoms with Gasteiger partial charge in [-0.3, -0.25) is 19.3 Å². The largest absolute Gasteiger partial charge is 0.454 e. The summed E-state index contributed by atoms with van der Waals surface area (Å²) in [7, 11) is 0. The topological polar surface area (TPSA) is 84.9 Å². The van der Waals surface area contributed by atoms with Gasteiger partial charge in [-0.2, -0.15) is 0 Å². The van der Waals surface area contributed by atoms with Crippen LogP contribution in [0.5, 0.6) is 11.5 Å². The Labute approximate surface area is 175 Å². The number of rotatable bonds is 4. The van der Waals surface area contributed by atoms with Crippen molar-refractivity contribution in [3.63, 3.8) is 0 Å². The second-order valence-corrected chi connectivity index (χ2v) is 7.79. The summed E-state index contributed by atoms with van der Waals surface area (Å²) in [6.45, 7) is 1.62. The lowest BCUT2D eigenvalue weighted by molar-refractivity contribution is -0.127. The zero-order chi connectivity index (χ0) is 20.5. The Hall–Kier alpha value is -2.97. The summed E-state index contributed by atoms with van der Waals surface area (Å²) in [5.74, 6) is 0.198. The van der Waals surface area contributed by atoms with E-state index in [9.17, 15) is 14.4 Å². The molecule has 2 heterocycles. The van der Waals surface area contributed by atoms with E-state index in [-0.39, 0.29) is 18.2 Å². The van der Waals surface area contributed by atoms with E-state index in [2.05, 4.69) is 5.32 Å². The van der Waals surface area contributed by atoms with Crippen molar-refractivity contribution in [2.24, 2.45) is 0 Å². The lowest BCUT2D eigenvalue weighted by atomic mass is 10.2. The van der Waals surface area contributed by atoms with E-state index >= 15 is 0 Å². The fourth-order valence-corrected chi connectivity index (χ4v) is 3.82. The number of amides is 3. The number of aryl methyl sites for hydroxylation is 1. The summed E-state index contributed by atoms with van der Waals surface area (Å²) in [5.41, 5.74) is 2.07. The molecule has 0 unspecified atom stereocenters. The highest BCUT2D eigenvalue weighted by Gasteiger charge is 2.36. The van der Waals surface area contributed by atoms with Gasteiger partial charge in [0.25, 0.3) is 11.1 Å². The summed E-state index contributed by atoms with van der Waals surface area (Å²) in [5, 5.41) is 2.66. The molecule has 0 spiro atoms. The number of imide groups is 1. The maximum Gasteiger partial charge on any atom is 0.294 e. The minimum atomic E-state index is -0.519. The average molecular weight is 431 g/mol. The van der Waals surface area contributed by atoms with Crippen LogP contribution in [0.1, 0.15) is 11.1 Å². The van der Waals surface area contributed by atoms with Gasteiger partial charge in [0.15, 0.2) is 11.5 Å². The highest BCUT2D eigenvalue weighted by Crippen LogP contribution is 2.36. The smallest absolute Gasteiger partial charge is 0.294 e. The molecule has 1 fully saturated rings. The van der Waals surface area contributed by atoms with Gasteiger partial charge in [-0.25, -0.2) is 0 Å². The van der Waals surface area contributed by atoms with Gasteiger partial charge in [0.2, 0.25) is 12.7 Å². The third kappa shape index (κ3) is 4.08. The number of benzene rings is 2. The third-order valence-corrected chi connectivity index (χ3v) is 5.64. The molecule has 1 saturated heterocycles. The van der Waals surface area contributed by atoms with Crippen LogP contribution in [0, 0.1) is 6.92 Å². The van der Waals surface area contributed by atoms with E-state index in [1.165, 1.54) is 0 Å². The Kier molecular flexibility index (Phi) is 5.21. The van der Waals surface area contributed by atoms with E-state index in [1.807, 2.05) is 6.92 Å². The first kappa shape index (κ1) is 19.4. The molecule has 29 heavy (non-hydrogen) atoms. The van der Waals surface area contributed by atoms with Crippen LogP contribution in [0.3, 0.4) is 0 Å². The van der Waals surface area contributed by atoms with Crippen molar-refractivity contribution in [2.45, 2.75) is 6.92 Å². The van der Waals surface area contributed by atoms with Crippen molar-refractivity contribution >= 4 is 52.2 Å². The van der Waals surface area contributed by atoms with Crippen molar-refractivity contribution in [3.8, 4) is 11.5 Å². The van der Waals surface area contributed by atoms with E-state index in [0.29, 0.717) is 27.8 Å². The number of halogens is 1. The first-order chi connectivity index (χ1) is 13.9. The Bertz CT molecular complexity index is 1070. The number of carbonyl (C=O) groups is 3. The van der Waals surface area contributed by atoms with Crippen molar-refractivity contribution in [1.82, 2.24) is 4.90 Å². The first-order valence-electron chi connectivity index (χ1n) is 8.62. The van der Waals surface area contributed by atoms with E-state index in [4.69, 9.17) is 21.1 Å². The molecule has 3 amide bonds. The minimum absolute atomic E-state index is 0.149. The molecule has 2 aromatic rings. The number of hydrogen-bond acceptors (Lipinski definition) is 6. The minimum Gasteiger partial charge on any atom is -0.454 e. The van der Waals surface area contributed by atoms with Crippen LogP contribution in [0.2, 0.25) is 5.02 Å². The Morgan fingerprint density at radius 3 is 2.79 bits per heavy atom. The average Bonchev–Trinajstić information content (AvgIpc) is 3.24. The molecule has 0 atom stereocenters. The van der Waals surface area contributed by atoms with Crippen molar-refractivity contribution in [2.75, 3.05) is 18.7 Å². The normalized spacial score (nSPS) is 16.6. The van der Waals surface area contributed by atoms with Gasteiger partial charge in [-0.15, -0.1) is 0 Å². The zero-order valence-corrected chi connectivity index (χ0v) is 16.8. The fraction of sp³-hybridized carbons (Fsp3) is 0.150. The summed E-state index contributed by atoms with van der Waals surface area (Å²) < 4.78 is 10.6. The third-order valence-electron chi connectivity index (χ3n) is 4.33. The monoisotopic (exact) mass is 430 g/mol. The van der Waals surface area contributed by atoms with Gasteiger partial charge >= 0.3 is 0 Å². The van der Waals surface area contributed by atoms with Crippen LogP contribution in [0.4, 0.5) is 10.5 Å². The zero-order valence-electron chi connectivity index (χ0n) is 15.2. The molecular formula is C20H15ClN2O5S. The molecule has 0 bridgehead atoms. The number of anilines is 1. The van der Waals surface area contributed by atoms with Crippen molar-refractivity contribution in [1.29, 1.82) is 0 Å². The van der Waals surface area contributed by atoms with E-state index < -0.39 is 17.1 Å². The highest BCUT2D eigenvalue weighted by atomic mass is 35.5. The molecule has 7 nitrogen and oxygen atoms in total. The molecule has 9 heteroatoms. The number of hydrogen-bond donors (Lipinski definition) is 1. The second kappa shape index (κ2) is 7.81. The molecule has 2 aliphatic heterocycles. The number of nitrogens with one attached hydrogen (secondary N) is 1. The van der Waals surface area contributed by atoms with Crippen LogP contribution in [-0.4, -0.2) is 35.3 Å². The van der Waals surface area contributed by atoms with Gasteiger partial charge in [0.05, 0.1) is 4.91 Å². The predicted molar refractivity (Wildman–Crippen MR) is 110 cm³/mol. The van der Waals surface area contributed by atoms with E-state index in [1.54, 1.807) is 42.5 Å². The lowest BCUT2D eigenvalue weighted by Gasteiger charge is -2.13. The van der Waals surface area contributed by atoms with Crippen LogP contribution in [0.15, 0.2) is 41.3 Å². The highest BCUT2D eigenvalue weighted by molar-refractivity contribution is 8.18. The summed E-state index contributed by atoms with van der Waals surface area (Å²) >= 11 is 6.84. The number of thioether (sulfide) groups is 1. The lowest BCUT2D eigenvalue weighted by Crippen LogP contribution is -2.36.